The topological polar surface area (TPSA) is 69.6 Å². The first-order valence-corrected chi connectivity index (χ1v) is 7.46. The molecule has 1 aromatic carbocycles. The highest BCUT2D eigenvalue weighted by molar-refractivity contribution is 5.77. The van der Waals surface area contributed by atoms with Crippen LogP contribution in [0.15, 0.2) is 24.3 Å². The van der Waals surface area contributed by atoms with Crippen LogP contribution in [0.3, 0.4) is 0 Å². The van der Waals surface area contributed by atoms with Gasteiger partial charge in [-0.05, 0) is 30.4 Å². The van der Waals surface area contributed by atoms with E-state index in [0.717, 1.165) is 24.0 Å². The van der Waals surface area contributed by atoms with Crippen molar-refractivity contribution in [2.45, 2.75) is 44.3 Å². The summed E-state index contributed by atoms with van der Waals surface area (Å²) in [4.78, 5) is 25.1. The lowest BCUT2D eigenvalue weighted by Crippen LogP contribution is -2.46. The van der Waals surface area contributed by atoms with Gasteiger partial charge in [0.05, 0.1) is 0 Å². The molecule has 0 aromatic heterocycles. The minimum Gasteiger partial charge on any atom is -0.480 e. The number of nitrogens with one attached hydrogen (secondary N) is 1. The van der Waals surface area contributed by atoms with Gasteiger partial charge in [-0.15, -0.1) is 0 Å². The minimum atomic E-state index is -0.813. The van der Waals surface area contributed by atoms with Crippen molar-refractivity contribution in [3.63, 3.8) is 0 Å². The number of carbonyl (C=O) groups is 2. The molecule has 1 heterocycles. The van der Waals surface area contributed by atoms with Crippen LogP contribution in [0.1, 0.15) is 30.4 Å². The third kappa shape index (κ3) is 3.42. The summed E-state index contributed by atoms with van der Waals surface area (Å²) in [6, 6.07) is 7.75. The van der Waals surface area contributed by atoms with Gasteiger partial charge in [0.15, 0.2) is 0 Å². The van der Waals surface area contributed by atoms with Gasteiger partial charge >= 0.3 is 5.97 Å². The molecule has 1 aliphatic carbocycles. The zero-order valence-electron chi connectivity index (χ0n) is 11.9. The molecule has 0 spiro atoms. The Labute approximate surface area is 123 Å². The maximum atomic E-state index is 11.8. The van der Waals surface area contributed by atoms with Crippen molar-refractivity contribution in [3.05, 3.63) is 35.4 Å². The fourth-order valence-electron chi connectivity index (χ4n) is 2.83. The average molecular weight is 288 g/mol. The first-order chi connectivity index (χ1) is 10.1. The zero-order valence-corrected chi connectivity index (χ0v) is 11.9. The third-order valence-electron chi connectivity index (χ3n) is 4.20. The molecular formula is C16H20N2O3. The summed E-state index contributed by atoms with van der Waals surface area (Å²) >= 11 is 0. The van der Waals surface area contributed by atoms with Crippen molar-refractivity contribution in [1.82, 2.24) is 10.2 Å². The summed E-state index contributed by atoms with van der Waals surface area (Å²) in [5.74, 6) is -0.785. The fraction of sp³-hybridized carbons (Fsp3) is 0.500. The highest BCUT2D eigenvalue weighted by atomic mass is 16.4. The van der Waals surface area contributed by atoms with Gasteiger partial charge < -0.3 is 10.4 Å². The van der Waals surface area contributed by atoms with Crippen LogP contribution >= 0.6 is 0 Å². The number of carbonyl (C=O) groups excluding carboxylic acids is 1. The second kappa shape index (κ2) is 5.85. The van der Waals surface area contributed by atoms with Crippen molar-refractivity contribution in [2.75, 3.05) is 6.54 Å². The van der Waals surface area contributed by atoms with E-state index in [1.165, 1.54) is 0 Å². The lowest BCUT2D eigenvalue weighted by atomic mass is 9.94. The number of hydrogen-bond donors (Lipinski definition) is 2. The molecule has 5 nitrogen and oxygen atoms in total. The van der Waals surface area contributed by atoms with E-state index in [2.05, 4.69) is 5.32 Å². The van der Waals surface area contributed by atoms with Crippen LogP contribution in [0.25, 0.3) is 0 Å². The molecule has 112 valence electrons. The van der Waals surface area contributed by atoms with E-state index in [1.807, 2.05) is 29.2 Å². The van der Waals surface area contributed by atoms with Crippen molar-refractivity contribution < 1.29 is 14.7 Å². The molecule has 1 unspecified atom stereocenters. The van der Waals surface area contributed by atoms with Crippen LogP contribution in [0, 0.1) is 0 Å². The number of amides is 1. The van der Waals surface area contributed by atoms with Crippen LogP contribution in [0.5, 0.6) is 0 Å². The van der Waals surface area contributed by atoms with E-state index in [9.17, 15) is 14.7 Å². The first kappa shape index (κ1) is 14.1. The summed E-state index contributed by atoms with van der Waals surface area (Å²) < 4.78 is 0. The molecule has 1 fully saturated rings. The van der Waals surface area contributed by atoms with Gasteiger partial charge in [0.2, 0.25) is 5.91 Å². The number of carboxylic acid groups (broad SMARTS) is 1. The highest BCUT2D eigenvalue weighted by Crippen LogP contribution is 2.24. The van der Waals surface area contributed by atoms with Gasteiger partial charge in [0, 0.05) is 25.6 Å². The predicted molar refractivity (Wildman–Crippen MR) is 77.8 cm³/mol. The molecule has 1 saturated carbocycles. The quantitative estimate of drug-likeness (QED) is 0.853. The predicted octanol–water partition coefficient (Wildman–Crippen LogP) is 1.17. The van der Waals surface area contributed by atoms with E-state index in [-0.39, 0.29) is 5.91 Å². The van der Waals surface area contributed by atoms with Crippen LogP contribution in [-0.2, 0) is 22.6 Å². The molecule has 0 radical (unpaired) electrons. The Morgan fingerprint density at radius 3 is 2.62 bits per heavy atom. The van der Waals surface area contributed by atoms with Crippen molar-refractivity contribution in [2.24, 2.45) is 0 Å². The molecule has 5 heteroatoms. The largest absolute Gasteiger partial charge is 0.480 e. The Balaban J connectivity index is 1.64. The zero-order chi connectivity index (χ0) is 14.8. The molecule has 1 aliphatic heterocycles. The SMILES string of the molecule is O=C(CCN1Cc2ccccc2CC1C(=O)O)NC1CC1. The molecule has 21 heavy (non-hydrogen) atoms. The van der Waals surface area contributed by atoms with Crippen LogP contribution in [0.4, 0.5) is 0 Å². The summed E-state index contributed by atoms with van der Waals surface area (Å²) in [6.45, 7) is 1.09. The Morgan fingerprint density at radius 2 is 1.95 bits per heavy atom. The summed E-state index contributed by atoms with van der Waals surface area (Å²) in [5, 5.41) is 12.4. The molecule has 0 saturated heterocycles. The molecule has 2 N–H and O–H groups in total. The molecule has 1 amide bonds. The Bertz CT molecular complexity index is 554. The van der Waals surface area contributed by atoms with Crippen molar-refractivity contribution in [1.29, 1.82) is 0 Å². The van der Waals surface area contributed by atoms with Gasteiger partial charge in [-0.2, -0.15) is 0 Å². The maximum Gasteiger partial charge on any atom is 0.321 e. The van der Waals surface area contributed by atoms with Crippen LogP contribution in [0.2, 0.25) is 0 Å². The third-order valence-corrected chi connectivity index (χ3v) is 4.20. The molecule has 1 aromatic rings. The summed E-state index contributed by atoms with van der Waals surface area (Å²) in [5.41, 5.74) is 2.26. The minimum absolute atomic E-state index is 0.0282. The monoisotopic (exact) mass is 288 g/mol. The second-order valence-electron chi connectivity index (χ2n) is 5.89. The summed E-state index contributed by atoms with van der Waals surface area (Å²) in [6.07, 6.45) is 3.01. The number of rotatable bonds is 5. The lowest BCUT2D eigenvalue weighted by Gasteiger charge is -2.34. The summed E-state index contributed by atoms with van der Waals surface area (Å²) in [7, 11) is 0. The smallest absolute Gasteiger partial charge is 0.321 e. The number of fused-ring (bicyclic) bond motifs is 1. The first-order valence-electron chi connectivity index (χ1n) is 7.46. The molecule has 3 rings (SSSR count). The number of benzene rings is 1. The van der Waals surface area contributed by atoms with Gasteiger partial charge in [0.25, 0.3) is 0 Å². The normalized spacial score (nSPS) is 21.6. The van der Waals surface area contributed by atoms with E-state index in [4.69, 9.17) is 0 Å². The Hall–Kier alpha value is -1.88. The molecular weight excluding hydrogens is 268 g/mol. The Kier molecular flexibility index (Phi) is 3.92. The van der Waals surface area contributed by atoms with Gasteiger partial charge in [-0.1, -0.05) is 24.3 Å². The number of aliphatic carboxylic acids is 1. The molecule has 0 bridgehead atoms. The standard InChI is InChI=1S/C16H20N2O3/c19-15(17-13-5-6-13)7-8-18-10-12-4-2-1-3-11(12)9-14(18)16(20)21/h1-4,13-14H,5-10H2,(H,17,19)(H,20,21). The van der Waals surface area contributed by atoms with E-state index >= 15 is 0 Å². The maximum absolute atomic E-state index is 11.8. The molecule has 1 atom stereocenters. The van der Waals surface area contributed by atoms with Gasteiger partial charge in [-0.25, -0.2) is 0 Å². The van der Waals surface area contributed by atoms with Crippen molar-refractivity contribution >= 4 is 11.9 Å². The number of nitrogens with zero attached hydrogens (tertiary/aromatic N) is 1. The van der Waals surface area contributed by atoms with Crippen LogP contribution in [-0.4, -0.2) is 40.5 Å². The van der Waals surface area contributed by atoms with Gasteiger partial charge in [0.1, 0.15) is 6.04 Å². The van der Waals surface area contributed by atoms with E-state index in [1.54, 1.807) is 0 Å². The Morgan fingerprint density at radius 1 is 1.24 bits per heavy atom. The molecule has 2 aliphatic rings. The lowest BCUT2D eigenvalue weighted by molar-refractivity contribution is -0.144. The average Bonchev–Trinajstić information content (AvgIpc) is 3.28. The van der Waals surface area contributed by atoms with E-state index < -0.39 is 12.0 Å². The van der Waals surface area contributed by atoms with E-state index in [0.29, 0.717) is 32.0 Å². The number of carboxylic acids is 1. The van der Waals surface area contributed by atoms with Crippen LogP contribution < -0.4 is 5.32 Å². The fourth-order valence-corrected chi connectivity index (χ4v) is 2.83. The van der Waals surface area contributed by atoms with Gasteiger partial charge in [-0.3, -0.25) is 14.5 Å². The van der Waals surface area contributed by atoms with Crippen molar-refractivity contribution in [3.8, 4) is 0 Å². The number of hydrogen-bond acceptors (Lipinski definition) is 3. The second-order valence-corrected chi connectivity index (χ2v) is 5.89. The highest BCUT2D eigenvalue weighted by Gasteiger charge is 2.31.